The molecule has 1 heterocycles. The Hall–Kier alpha value is -4.48. The Labute approximate surface area is 264 Å². The van der Waals surface area contributed by atoms with Gasteiger partial charge in [0.15, 0.2) is 6.10 Å². The van der Waals surface area contributed by atoms with Crippen LogP contribution in [-0.2, 0) is 35.6 Å². The van der Waals surface area contributed by atoms with Gasteiger partial charge in [0, 0.05) is 6.20 Å². The van der Waals surface area contributed by atoms with Crippen molar-refractivity contribution >= 4 is 33.5 Å². The monoisotopic (exact) mass is 633 g/mol. The molecule has 0 bridgehead atoms. The quantitative estimate of drug-likeness (QED) is 0.291. The molecule has 2 unspecified atom stereocenters. The second kappa shape index (κ2) is 14.5. The maximum absolute atomic E-state index is 14.2. The number of hydrogen-bond acceptors (Lipinski definition) is 7. The summed E-state index contributed by atoms with van der Waals surface area (Å²) in [5, 5.41) is 13.6. The van der Waals surface area contributed by atoms with Crippen molar-refractivity contribution in [1.29, 1.82) is 0 Å². The summed E-state index contributed by atoms with van der Waals surface area (Å²) in [4.78, 5) is 41.8. The number of esters is 1. The van der Waals surface area contributed by atoms with Gasteiger partial charge in [0.2, 0.25) is 5.91 Å². The molecule has 11 heteroatoms. The van der Waals surface area contributed by atoms with Crippen molar-refractivity contribution in [3.05, 3.63) is 108 Å². The van der Waals surface area contributed by atoms with Crippen LogP contribution in [0.4, 0.5) is 0 Å². The highest BCUT2D eigenvalue weighted by Crippen LogP contribution is 2.33. The summed E-state index contributed by atoms with van der Waals surface area (Å²) in [7, 11) is -4.14. The highest BCUT2D eigenvalue weighted by molar-refractivity contribution is 7.89. The number of nitrogens with one attached hydrogen (secondary N) is 1. The van der Waals surface area contributed by atoms with E-state index in [9.17, 15) is 27.9 Å². The molecule has 238 valence electrons. The summed E-state index contributed by atoms with van der Waals surface area (Å²) in [5.74, 6) is -2.56. The SMILES string of the molecule is CC(C)OC(=O)C(O)[C@H](Cc1ccccc1)NC(=O)CN1C(=O)C(C(C)C)N(S(=O)(=O)c2ccccc2)C=C1c1ccccc1. The molecule has 0 saturated heterocycles. The molecule has 0 aliphatic carbocycles. The number of benzene rings is 3. The number of ether oxygens (including phenoxy) is 1. The zero-order chi connectivity index (χ0) is 32.7. The molecule has 3 aromatic carbocycles. The zero-order valence-corrected chi connectivity index (χ0v) is 26.6. The molecule has 0 saturated carbocycles. The largest absolute Gasteiger partial charge is 0.461 e. The van der Waals surface area contributed by atoms with Gasteiger partial charge in [-0.3, -0.25) is 18.8 Å². The number of hydrogen-bond donors (Lipinski definition) is 2. The van der Waals surface area contributed by atoms with E-state index in [-0.39, 0.29) is 17.0 Å². The minimum atomic E-state index is -4.14. The molecule has 4 rings (SSSR count). The van der Waals surface area contributed by atoms with Gasteiger partial charge in [-0.1, -0.05) is 92.7 Å². The first kappa shape index (κ1) is 33.4. The second-order valence-corrected chi connectivity index (χ2v) is 13.3. The molecular formula is C34H39N3O7S. The lowest BCUT2D eigenvalue weighted by atomic mass is 9.99. The Kier molecular flexibility index (Phi) is 10.8. The minimum Gasteiger partial charge on any atom is -0.461 e. The maximum atomic E-state index is 14.2. The normalized spacial score (nSPS) is 16.7. The molecule has 45 heavy (non-hydrogen) atoms. The smallest absolute Gasteiger partial charge is 0.337 e. The number of aliphatic hydroxyl groups excluding tert-OH is 1. The van der Waals surface area contributed by atoms with Gasteiger partial charge in [0.1, 0.15) is 12.6 Å². The Bertz CT molecular complexity index is 1610. The predicted molar refractivity (Wildman–Crippen MR) is 170 cm³/mol. The zero-order valence-electron chi connectivity index (χ0n) is 25.7. The lowest BCUT2D eigenvalue weighted by molar-refractivity contribution is -0.159. The van der Waals surface area contributed by atoms with E-state index in [2.05, 4.69) is 5.32 Å². The summed E-state index contributed by atoms with van der Waals surface area (Å²) < 4.78 is 34.0. The van der Waals surface area contributed by atoms with E-state index in [1.165, 1.54) is 23.2 Å². The topological polar surface area (TPSA) is 133 Å². The van der Waals surface area contributed by atoms with Crippen molar-refractivity contribution in [1.82, 2.24) is 14.5 Å². The first-order valence-corrected chi connectivity index (χ1v) is 16.2. The number of aliphatic hydroxyl groups is 1. The fraction of sp³-hybridized carbons (Fsp3) is 0.324. The highest BCUT2D eigenvalue weighted by Gasteiger charge is 2.44. The van der Waals surface area contributed by atoms with E-state index >= 15 is 0 Å². The van der Waals surface area contributed by atoms with Crippen molar-refractivity contribution < 1.29 is 32.6 Å². The summed E-state index contributed by atoms with van der Waals surface area (Å²) >= 11 is 0. The Morgan fingerprint density at radius 2 is 1.44 bits per heavy atom. The Morgan fingerprint density at radius 3 is 2.00 bits per heavy atom. The Morgan fingerprint density at radius 1 is 0.889 bits per heavy atom. The van der Waals surface area contributed by atoms with E-state index < -0.39 is 64.6 Å². The predicted octanol–water partition coefficient (Wildman–Crippen LogP) is 3.58. The molecule has 0 radical (unpaired) electrons. The first-order chi connectivity index (χ1) is 21.4. The van der Waals surface area contributed by atoms with Gasteiger partial charge in [-0.05, 0) is 49.4 Å². The average molecular weight is 634 g/mol. The van der Waals surface area contributed by atoms with Crippen LogP contribution in [0.1, 0.15) is 38.8 Å². The second-order valence-electron chi connectivity index (χ2n) is 11.4. The van der Waals surface area contributed by atoms with Crippen LogP contribution in [0.25, 0.3) is 5.70 Å². The van der Waals surface area contributed by atoms with Gasteiger partial charge >= 0.3 is 5.97 Å². The maximum Gasteiger partial charge on any atom is 0.337 e. The lowest BCUT2D eigenvalue weighted by Gasteiger charge is -2.41. The molecule has 0 aromatic heterocycles. The van der Waals surface area contributed by atoms with Crippen LogP contribution >= 0.6 is 0 Å². The molecule has 10 nitrogen and oxygen atoms in total. The summed E-state index contributed by atoms with van der Waals surface area (Å²) in [6, 6.07) is 23.4. The van der Waals surface area contributed by atoms with Gasteiger partial charge in [0.25, 0.3) is 15.9 Å². The van der Waals surface area contributed by atoms with E-state index in [0.717, 1.165) is 9.87 Å². The van der Waals surface area contributed by atoms with Gasteiger partial charge in [-0.25, -0.2) is 13.2 Å². The number of nitrogens with zero attached hydrogens (tertiary/aromatic N) is 2. The molecular weight excluding hydrogens is 594 g/mol. The van der Waals surface area contributed by atoms with Crippen LogP contribution in [0.2, 0.25) is 0 Å². The third-order valence-electron chi connectivity index (χ3n) is 7.27. The number of rotatable bonds is 12. The summed E-state index contributed by atoms with van der Waals surface area (Å²) in [5.41, 5.74) is 1.50. The van der Waals surface area contributed by atoms with Gasteiger partial charge in [0.05, 0.1) is 22.7 Å². The van der Waals surface area contributed by atoms with E-state index in [4.69, 9.17) is 4.74 Å². The van der Waals surface area contributed by atoms with Gasteiger partial charge < -0.3 is 15.2 Å². The van der Waals surface area contributed by atoms with Crippen molar-refractivity contribution in [3.63, 3.8) is 0 Å². The van der Waals surface area contributed by atoms with Crippen molar-refractivity contribution in [2.75, 3.05) is 6.54 Å². The average Bonchev–Trinajstić information content (AvgIpc) is 3.01. The van der Waals surface area contributed by atoms with Crippen LogP contribution in [-0.4, -0.2) is 71.3 Å². The third kappa shape index (κ3) is 7.98. The standard InChI is InChI=1S/C34H39N3O7S/c1-23(2)31-33(40)36(22-30(38)35-28(20-25-14-8-5-9-15-25)32(39)34(41)44-24(3)4)29(26-16-10-6-11-17-26)21-37(31)45(42,43)27-18-12-7-13-19-27/h5-19,21,23-24,28,31-32,39H,20,22H2,1-4H3,(H,35,38)/t28-,31?,32?/m0/s1. The van der Waals surface area contributed by atoms with Crippen molar-refractivity contribution in [3.8, 4) is 0 Å². The summed E-state index contributed by atoms with van der Waals surface area (Å²) in [6.45, 7) is 6.30. The van der Waals surface area contributed by atoms with Crippen LogP contribution in [0.3, 0.4) is 0 Å². The molecule has 2 N–H and O–H groups in total. The number of carbonyl (C=O) groups is 3. The number of sulfonamides is 1. The molecule has 2 amide bonds. The molecule has 3 aromatic rings. The van der Waals surface area contributed by atoms with Crippen LogP contribution in [0.5, 0.6) is 0 Å². The molecule has 3 atom stereocenters. The van der Waals surface area contributed by atoms with Gasteiger partial charge in [-0.2, -0.15) is 0 Å². The fourth-order valence-corrected chi connectivity index (χ4v) is 6.76. The highest BCUT2D eigenvalue weighted by atomic mass is 32.2. The minimum absolute atomic E-state index is 0.0318. The van der Waals surface area contributed by atoms with Crippen LogP contribution in [0.15, 0.2) is 102 Å². The number of amides is 2. The number of carbonyl (C=O) groups excluding carboxylic acids is 3. The molecule has 0 fully saturated rings. The first-order valence-electron chi connectivity index (χ1n) is 14.8. The lowest BCUT2D eigenvalue weighted by Crippen LogP contribution is -2.57. The van der Waals surface area contributed by atoms with E-state index in [1.54, 1.807) is 100 Å². The van der Waals surface area contributed by atoms with Gasteiger partial charge in [-0.15, -0.1) is 0 Å². The fourth-order valence-electron chi connectivity index (χ4n) is 5.14. The van der Waals surface area contributed by atoms with Crippen molar-refractivity contribution in [2.24, 2.45) is 5.92 Å². The molecule has 1 aliphatic rings. The molecule has 0 spiro atoms. The summed E-state index contributed by atoms with van der Waals surface area (Å²) in [6.07, 6.45) is -0.637. The van der Waals surface area contributed by atoms with Crippen LogP contribution in [0, 0.1) is 5.92 Å². The third-order valence-corrected chi connectivity index (χ3v) is 9.03. The van der Waals surface area contributed by atoms with E-state index in [1.807, 2.05) is 6.07 Å². The van der Waals surface area contributed by atoms with Crippen molar-refractivity contribution in [2.45, 2.75) is 63.3 Å². The Balaban J connectivity index is 1.70. The van der Waals surface area contributed by atoms with E-state index in [0.29, 0.717) is 5.56 Å². The van der Waals surface area contributed by atoms with Crippen LogP contribution < -0.4 is 5.32 Å². The molecule has 1 aliphatic heterocycles.